The van der Waals surface area contributed by atoms with Crippen LogP contribution in [0.4, 0.5) is 19.4 Å². The van der Waals surface area contributed by atoms with E-state index >= 15 is 0 Å². The third kappa shape index (κ3) is 5.05. The summed E-state index contributed by atoms with van der Waals surface area (Å²) in [6.45, 7) is 2.33. The molecule has 0 unspecified atom stereocenters. The summed E-state index contributed by atoms with van der Waals surface area (Å²) in [6.07, 6.45) is 0.469. The second-order valence-electron chi connectivity index (χ2n) is 9.41. The maximum Gasteiger partial charge on any atom is 0.407 e. The number of likely N-dealkylation sites (tertiary alicyclic amines) is 1. The molecule has 5 rings (SSSR count). The van der Waals surface area contributed by atoms with Crippen LogP contribution in [-0.4, -0.2) is 68.2 Å². The number of nitrogens with zero attached hydrogens (tertiary/aromatic N) is 5. The number of aromatic nitrogens is 4. The van der Waals surface area contributed by atoms with Gasteiger partial charge in [-0.05, 0) is 51.2 Å². The minimum atomic E-state index is -2.76. The summed E-state index contributed by atoms with van der Waals surface area (Å²) in [5.74, 6) is 0.919. The van der Waals surface area contributed by atoms with Crippen LogP contribution in [0.1, 0.15) is 50.2 Å². The number of alkyl halides is 2. The number of fused-ring (bicyclic) bond motifs is 1. The number of para-hydroxylation sites is 2. The third-order valence-corrected chi connectivity index (χ3v) is 7.04. The Bertz CT molecular complexity index is 1310. The number of aryl methyl sites for hydroxylation is 1. The van der Waals surface area contributed by atoms with Gasteiger partial charge < -0.3 is 20.3 Å². The molecular formula is C25H29F2N7O3. The highest BCUT2D eigenvalue weighted by Gasteiger charge is 2.38. The predicted molar refractivity (Wildman–Crippen MR) is 132 cm³/mol. The molecule has 10 nitrogen and oxygen atoms in total. The van der Waals surface area contributed by atoms with Crippen LogP contribution in [0, 0.1) is 6.92 Å². The van der Waals surface area contributed by atoms with Crippen LogP contribution in [0.2, 0.25) is 0 Å². The van der Waals surface area contributed by atoms with Gasteiger partial charge in [-0.2, -0.15) is 0 Å². The van der Waals surface area contributed by atoms with E-state index in [1.807, 2.05) is 4.90 Å². The molecule has 1 atom stereocenters. The molecule has 2 aromatic heterocycles. The number of amides is 2. The van der Waals surface area contributed by atoms with Crippen molar-refractivity contribution < 1.29 is 23.1 Å². The molecule has 1 saturated carbocycles. The minimum Gasteiger partial charge on any atom is -0.453 e. The van der Waals surface area contributed by atoms with Crippen molar-refractivity contribution in [2.75, 3.05) is 19.0 Å². The van der Waals surface area contributed by atoms with Crippen LogP contribution in [0.25, 0.3) is 16.9 Å². The van der Waals surface area contributed by atoms with Crippen LogP contribution >= 0.6 is 0 Å². The molecule has 1 aliphatic carbocycles. The number of anilines is 1. The van der Waals surface area contributed by atoms with Gasteiger partial charge in [0.25, 0.3) is 6.43 Å². The van der Waals surface area contributed by atoms with Crippen molar-refractivity contribution in [1.29, 1.82) is 0 Å². The Morgan fingerprint density at radius 1 is 1.11 bits per heavy atom. The minimum absolute atomic E-state index is 0.0692. The molecule has 37 heavy (non-hydrogen) atoms. The standard InChI is InChI=1S/C25H29F2N7O3/c1-14-28-20(13-21(29-14)34-19-6-4-3-5-17(19)31-23(34)22(26)27)30-15-7-9-16(10-8-15)33-12-11-18(24(33)35)32-25(36)37-2/h3-6,13,15-16,18,22H,7-12H2,1-2H3,(H,32,36)(H,28,29,30)/t15?,16?,18-/m1/s1. The summed E-state index contributed by atoms with van der Waals surface area (Å²) in [6, 6.07) is 8.34. The average molecular weight is 514 g/mol. The van der Waals surface area contributed by atoms with E-state index in [4.69, 9.17) is 0 Å². The zero-order chi connectivity index (χ0) is 26.1. The van der Waals surface area contributed by atoms with Gasteiger partial charge in [0.05, 0.1) is 18.1 Å². The van der Waals surface area contributed by atoms with E-state index in [-0.39, 0.29) is 23.8 Å². The summed E-state index contributed by atoms with van der Waals surface area (Å²) >= 11 is 0. The fourth-order valence-electron chi connectivity index (χ4n) is 5.31. The lowest BCUT2D eigenvalue weighted by molar-refractivity contribution is -0.131. The average Bonchev–Trinajstić information content (AvgIpc) is 3.45. The number of carbonyl (C=O) groups excluding carboxylic acids is 2. The zero-order valence-electron chi connectivity index (χ0n) is 20.7. The zero-order valence-corrected chi connectivity index (χ0v) is 20.7. The van der Waals surface area contributed by atoms with Gasteiger partial charge >= 0.3 is 6.09 Å². The Balaban J connectivity index is 1.27. The van der Waals surface area contributed by atoms with E-state index in [0.717, 1.165) is 25.7 Å². The molecule has 2 amide bonds. The second kappa shape index (κ2) is 10.3. The Hall–Kier alpha value is -3.83. The van der Waals surface area contributed by atoms with Crippen LogP contribution in [0.5, 0.6) is 0 Å². The number of hydrogen-bond acceptors (Lipinski definition) is 7. The van der Waals surface area contributed by atoms with E-state index in [0.29, 0.717) is 41.5 Å². The van der Waals surface area contributed by atoms with Crippen molar-refractivity contribution in [3.8, 4) is 5.82 Å². The first-order valence-electron chi connectivity index (χ1n) is 12.4. The predicted octanol–water partition coefficient (Wildman–Crippen LogP) is 3.74. The number of carbonyl (C=O) groups is 2. The van der Waals surface area contributed by atoms with Gasteiger partial charge in [-0.1, -0.05) is 12.1 Å². The van der Waals surface area contributed by atoms with Crippen molar-refractivity contribution in [3.05, 3.63) is 42.0 Å². The van der Waals surface area contributed by atoms with E-state index in [1.165, 1.54) is 11.7 Å². The summed E-state index contributed by atoms with van der Waals surface area (Å²) in [7, 11) is 1.28. The Morgan fingerprint density at radius 3 is 2.59 bits per heavy atom. The first-order chi connectivity index (χ1) is 17.8. The molecule has 1 aromatic carbocycles. The van der Waals surface area contributed by atoms with E-state index < -0.39 is 18.6 Å². The highest BCUT2D eigenvalue weighted by molar-refractivity contribution is 5.87. The van der Waals surface area contributed by atoms with Gasteiger partial charge in [0.2, 0.25) is 5.91 Å². The number of alkyl carbamates (subject to hydrolysis) is 1. The largest absolute Gasteiger partial charge is 0.453 e. The Labute approximate surface area is 212 Å². The lowest BCUT2D eigenvalue weighted by atomic mass is 9.90. The lowest BCUT2D eigenvalue weighted by Crippen LogP contribution is -2.46. The van der Waals surface area contributed by atoms with Crippen LogP contribution in [0.3, 0.4) is 0 Å². The quantitative estimate of drug-likeness (QED) is 0.516. The molecule has 2 aliphatic rings. The summed E-state index contributed by atoms with van der Waals surface area (Å²) in [4.78, 5) is 39.1. The number of rotatable bonds is 6. The SMILES string of the molecule is COC(=O)N[C@@H]1CCN(C2CCC(Nc3cc(-n4c(C(F)F)nc5ccccc54)nc(C)n3)CC2)C1=O. The fourth-order valence-corrected chi connectivity index (χ4v) is 5.31. The molecule has 1 saturated heterocycles. The maximum absolute atomic E-state index is 13.8. The van der Waals surface area contributed by atoms with Crippen LogP contribution < -0.4 is 10.6 Å². The van der Waals surface area contributed by atoms with Crippen molar-refractivity contribution in [2.24, 2.45) is 0 Å². The normalized spacial score (nSPS) is 22.0. The fraction of sp³-hybridized carbons (Fsp3) is 0.480. The number of benzene rings is 1. The molecule has 3 heterocycles. The molecular weight excluding hydrogens is 484 g/mol. The first kappa shape index (κ1) is 24.8. The van der Waals surface area contributed by atoms with Gasteiger partial charge in [0.1, 0.15) is 23.5 Å². The van der Waals surface area contributed by atoms with Crippen LogP contribution in [-0.2, 0) is 9.53 Å². The second-order valence-corrected chi connectivity index (χ2v) is 9.41. The highest BCUT2D eigenvalue weighted by atomic mass is 19.3. The van der Waals surface area contributed by atoms with E-state index in [2.05, 4.69) is 30.3 Å². The topological polar surface area (TPSA) is 114 Å². The molecule has 12 heteroatoms. The number of halogens is 2. The number of hydrogen-bond donors (Lipinski definition) is 2. The molecule has 0 radical (unpaired) electrons. The molecule has 2 N–H and O–H groups in total. The smallest absolute Gasteiger partial charge is 0.407 e. The molecule has 3 aromatic rings. The van der Waals surface area contributed by atoms with Crippen molar-refractivity contribution in [3.63, 3.8) is 0 Å². The van der Waals surface area contributed by atoms with Gasteiger partial charge in [-0.15, -0.1) is 0 Å². The number of methoxy groups -OCH3 is 1. The number of nitrogens with one attached hydrogen (secondary N) is 2. The van der Waals surface area contributed by atoms with Crippen molar-refractivity contribution in [2.45, 2.75) is 63.6 Å². The van der Waals surface area contributed by atoms with Gasteiger partial charge in [0, 0.05) is 24.7 Å². The third-order valence-electron chi connectivity index (χ3n) is 7.04. The van der Waals surface area contributed by atoms with E-state index in [9.17, 15) is 18.4 Å². The molecule has 196 valence electrons. The number of ether oxygens (including phenoxy) is 1. The molecule has 2 fully saturated rings. The number of imidazole rings is 1. The van der Waals surface area contributed by atoms with Crippen LogP contribution in [0.15, 0.2) is 30.3 Å². The van der Waals surface area contributed by atoms with Gasteiger partial charge in [-0.25, -0.2) is 28.5 Å². The summed E-state index contributed by atoms with van der Waals surface area (Å²) < 4.78 is 33.6. The van der Waals surface area contributed by atoms with Gasteiger partial charge in [0.15, 0.2) is 5.82 Å². The highest BCUT2D eigenvalue weighted by Crippen LogP contribution is 2.30. The molecule has 0 spiro atoms. The Kier molecular flexibility index (Phi) is 6.90. The Morgan fingerprint density at radius 2 is 1.86 bits per heavy atom. The van der Waals surface area contributed by atoms with Gasteiger partial charge in [-0.3, -0.25) is 9.36 Å². The lowest BCUT2D eigenvalue weighted by Gasteiger charge is -2.35. The molecule has 0 bridgehead atoms. The first-order valence-corrected chi connectivity index (χ1v) is 12.4. The summed E-state index contributed by atoms with van der Waals surface area (Å²) in [5.41, 5.74) is 1.03. The maximum atomic E-state index is 13.8. The molecule has 1 aliphatic heterocycles. The summed E-state index contributed by atoms with van der Waals surface area (Å²) in [5, 5.41) is 6.04. The monoisotopic (exact) mass is 513 g/mol. The van der Waals surface area contributed by atoms with Crippen molar-refractivity contribution >= 4 is 28.9 Å². The van der Waals surface area contributed by atoms with E-state index in [1.54, 1.807) is 37.3 Å². The van der Waals surface area contributed by atoms with Crippen molar-refractivity contribution in [1.82, 2.24) is 29.7 Å².